The highest BCUT2D eigenvalue weighted by Gasteiger charge is 2.41. The maximum atomic E-state index is 12.6. The summed E-state index contributed by atoms with van der Waals surface area (Å²) in [5, 5.41) is -0.869. The Balaban J connectivity index is 2.04. The van der Waals surface area contributed by atoms with Crippen molar-refractivity contribution >= 4 is 42.4 Å². The maximum absolute atomic E-state index is 12.6. The first kappa shape index (κ1) is 19.6. The van der Waals surface area contributed by atoms with Crippen LogP contribution in [0.15, 0.2) is 43.6 Å². The van der Waals surface area contributed by atoms with Gasteiger partial charge in [-0.25, -0.2) is 12.6 Å². The van der Waals surface area contributed by atoms with Gasteiger partial charge in [0.05, 0.1) is 10.1 Å². The lowest BCUT2D eigenvalue weighted by molar-refractivity contribution is 0.196. The van der Waals surface area contributed by atoms with Crippen LogP contribution in [0.4, 0.5) is 0 Å². The van der Waals surface area contributed by atoms with Gasteiger partial charge in [-0.15, -0.1) is 11.3 Å². The van der Waals surface area contributed by atoms with Crippen LogP contribution in [0.3, 0.4) is 0 Å². The molecule has 0 fully saturated rings. The second-order valence-electron chi connectivity index (χ2n) is 6.00. The molecule has 1 N–H and O–H groups in total. The molecule has 3 rings (SSSR count). The number of hydrogen-bond donors (Lipinski definition) is 1. The van der Waals surface area contributed by atoms with Gasteiger partial charge in [-0.1, -0.05) is 17.7 Å². The van der Waals surface area contributed by atoms with Crippen molar-refractivity contribution in [3.63, 3.8) is 0 Å². The van der Waals surface area contributed by atoms with Crippen molar-refractivity contribution in [2.24, 2.45) is 0 Å². The molecule has 11 heteroatoms. The summed E-state index contributed by atoms with van der Waals surface area (Å²) in [4.78, 5) is -0.0353. The van der Waals surface area contributed by atoms with E-state index >= 15 is 0 Å². The normalized spacial score (nSPS) is 23.3. The van der Waals surface area contributed by atoms with Crippen molar-refractivity contribution in [1.82, 2.24) is 0 Å². The quantitative estimate of drug-likeness (QED) is 0.579. The minimum absolute atomic E-state index is 0.0353. The van der Waals surface area contributed by atoms with Gasteiger partial charge in [0.2, 0.25) is 0 Å². The second-order valence-corrected chi connectivity index (χ2v) is 12.4. The Morgan fingerprint density at radius 1 is 1.27 bits per heavy atom. The number of rotatable bonds is 4. The SMILES string of the molecule is Cc1ccc(S(=O)(=O)OC2CC(C)S(=O)(=O)c3sc(S(=O)O)cc32)cc1. The lowest BCUT2D eigenvalue weighted by Gasteiger charge is -2.26. The van der Waals surface area contributed by atoms with Gasteiger partial charge in [-0.05, 0) is 38.5 Å². The Bertz CT molecular complexity index is 1070. The van der Waals surface area contributed by atoms with E-state index in [1.54, 1.807) is 12.1 Å². The highest BCUT2D eigenvalue weighted by atomic mass is 32.3. The second kappa shape index (κ2) is 6.80. The fourth-order valence-electron chi connectivity index (χ4n) is 2.64. The van der Waals surface area contributed by atoms with E-state index in [2.05, 4.69) is 0 Å². The fraction of sp³-hybridized carbons (Fsp3) is 0.333. The highest BCUT2D eigenvalue weighted by Crippen LogP contribution is 2.44. The van der Waals surface area contributed by atoms with Crippen LogP contribution in [0, 0.1) is 6.92 Å². The fourth-order valence-corrected chi connectivity index (χ4v) is 7.85. The molecule has 7 nitrogen and oxygen atoms in total. The molecule has 26 heavy (non-hydrogen) atoms. The average molecular weight is 437 g/mol. The third-order valence-electron chi connectivity index (χ3n) is 4.11. The number of sulfone groups is 1. The molecule has 0 radical (unpaired) electrons. The first-order valence-electron chi connectivity index (χ1n) is 7.51. The van der Waals surface area contributed by atoms with E-state index in [4.69, 9.17) is 4.18 Å². The van der Waals surface area contributed by atoms with E-state index in [9.17, 15) is 25.6 Å². The molecule has 0 saturated carbocycles. The topological polar surface area (TPSA) is 115 Å². The summed E-state index contributed by atoms with van der Waals surface area (Å²) in [6.45, 7) is 3.28. The molecule has 0 amide bonds. The van der Waals surface area contributed by atoms with Crippen LogP contribution >= 0.6 is 11.3 Å². The van der Waals surface area contributed by atoms with E-state index in [1.165, 1.54) is 25.1 Å². The zero-order chi connectivity index (χ0) is 19.3. The van der Waals surface area contributed by atoms with Crippen molar-refractivity contribution in [3.05, 3.63) is 41.5 Å². The number of thiophene rings is 1. The molecular weight excluding hydrogens is 420 g/mol. The van der Waals surface area contributed by atoms with Crippen LogP contribution < -0.4 is 0 Å². The number of hydrogen-bond acceptors (Lipinski definition) is 7. The smallest absolute Gasteiger partial charge is 0.297 e. The first-order chi connectivity index (χ1) is 12.0. The Morgan fingerprint density at radius 2 is 1.88 bits per heavy atom. The summed E-state index contributed by atoms with van der Waals surface area (Å²) in [6, 6.07) is 7.32. The van der Waals surface area contributed by atoms with Gasteiger partial charge >= 0.3 is 0 Å². The van der Waals surface area contributed by atoms with Gasteiger partial charge in [-0.3, -0.25) is 4.18 Å². The molecule has 2 heterocycles. The Hall–Kier alpha value is -1.11. The van der Waals surface area contributed by atoms with Gasteiger partial charge in [-0.2, -0.15) is 8.42 Å². The summed E-state index contributed by atoms with van der Waals surface area (Å²) in [5.74, 6) is 0. The molecule has 2 aromatic rings. The molecule has 0 aliphatic carbocycles. The molecule has 3 atom stereocenters. The number of fused-ring (bicyclic) bond motifs is 1. The minimum Gasteiger partial charge on any atom is -0.302 e. The van der Waals surface area contributed by atoms with Gasteiger partial charge in [0, 0.05) is 5.56 Å². The largest absolute Gasteiger partial charge is 0.302 e. The van der Waals surface area contributed by atoms with E-state index in [0.29, 0.717) is 11.3 Å². The van der Waals surface area contributed by atoms with Crippen LogP contribution in [0.25, 0.3) is 0 Å². The third kappa shape index (κ3) is 3.51. The zero-order valence-corrected chi connectivity index (χ0v) is 17.0. The average Bonchev–Trinajstić information content (AvgIpc) is 3.00. The van der Waals surface area contributed by atoms with Gasteiger partial charge in [0.15, 0.2) is 20.9 Å². The molecule has 3 unspecified atom stereocenters. The molecule has 142 valence electrons. The van der Waals surface area contributed by atoms with Crippen LogP contribution in [0.5, 0.6) is 0 Å². The maximum Gasteiger partial charge on any atom is 0.297 e. The lowest BCUT2D eigenvalue weighted by Crippen LogP contribution is -2.28. The highest BCUT2D eigenvalue weighted by molar-refractivity contribution is 7.94. The molecule has 1 aromatic carbocycles. The standard InChI is InChI=1S/C15H16O7S4/c1-9-3-5-11(6-4-9)26(20,21)22-13-7-10(2)25(18,19)15-12(13)8-14(23-15)24(16)17/h3-6,8,10,13H,7H2,1-2H3,(H,16,17). The van der Waals surface area contributed by atoms with Crippen molar-refractivity contribution in [1.29, 1.82) is 0 Å². The number of benzene rings is 1. The Kier molecular flexibility index (Phi) is 5.14. The van der Waals surface area contributed by atoms with Crippen LogP contribution in [-0.2, 0) is 35.2 Å². The van der Waals surface area contributed by atoms with E-state index in [1.807, 2.05) is 6.92 Å². The van der Waals surface area contributed by atoms with E-state index in [0.717, 1.165) is 5.56 Å². The molecule has 0 bridgehead atoms. The van der Waals surface area contributed by atoms with E-state index in [-0.39, 0.29) is 25.3 Å². The first-order valence-corrected chi connectivity index (χ1v) is 12.4. The Morgan fingerprint density at radius 3 is 2.46 bits per heavy atom. The van der Waals surface area contributed by atoms with Gasteiger partial charge < -0.3 is 4.55 Å². The summed E-state index contributed by atoms with van der Waals surface area (Å²) in [7, 11) is -7.81. The zero-order valence-electron chi connectivity index (χ0n) is 13.8. The molecular formula is C15H16O7S4. The Labute approximate surface area is 158 Å². The monoisotopic (exact) mass is 436 g/mol. The van der Waals surface area contributed by atoms with Crippen LogP contribution in [0.1, 0.15) is 30.6 Å². The molecule has 1 aromatic heterocycles. The van der Waals surface area contributed by atoms with Crippen molar-refractivity contribution in [3.8, 4) is 0 Å². The summed E-state index contributed by atoms with van der Waals surface area (Å²) in [6.07, 6.45) is -1.10. The lowest BCUT2D eigenvalue weighted by atomic mass is 10.1. The van der Waals surface area contributed by atoms with Gasteiger partial charge in [0.1, 0.15) is 14.5 Å². The van der Waals surface area contributed by atoms with E-state index < -0.39 is 42.4 Å². The predicted molar refractivity (Wildman–Crippen MR) is 96.8 cm³/mol. The molecule has 1 aliphatic heterocycles. The van der Waals surface area contributed by atoms with Crippen molar-refractivity contribution < 1.29 is 29.8 Å². The van der Waals surface area contributed by atoms with Crippen LogP contribution in [-0.4, -0.2) is 30.8 Å². The summed E-state index contributed by atoms with van der Waals surface area (Å²) < 4.78 is 75.8. The van der Waals surface area contributed by atoms with Crippen LogP contribution in [0.2, 0.25) is 0 Å². The van der Waals surface area contributed by atoms with Crippen molar-refractivity contribution in [2.75, 3.05) is 0 Å². The number of aryl methyl sites for hydroxylation is 1. The minimum atomic E-state index is -4.12. The van der Waals surface area contributed by atoms with Gasteiger partial charge in [0.25, 0.3) is 10.1 Å². The molecule has 1 aliphatic rings. The summed E-state index contributed by atoms with van der Waals surface area (Å²) >= 11 is -1.70. The van der Waals surface area contributed by atoms with Crippen molar-refractivity contribution in [2.45, 2.75) is 44.9 Å². The third-order valence-corrected chi connectivity index (χ3v) is 10.3. The summed E-state index contributed by atoms with van der Waals surface area (Å²) in [5.41, 5.74) is 0.998. The predicted octanol–water partition coefficient (Wildman–Crippen LogP) is 2.65. The molecule has 0 spiro atoms. The molecule has 0 saturated heterocycles.